The molecule has 1 atom stereocenters. The summed E-state index contributed by atoms with van der Waals surface area (Å²) in [6, 6.07) is 21.1. The topological polar surface area (TPSA) is 71.2 Å². The maximum absolute atomic E-state index is 12.5. The fourth-order valence-electron chi connectivity index (χ4n) is 3.25. The Labute approximate surface area is 172 Å². The third-order valence-electron chi connectivity index (χ3n) is 4.64. The largest absolute Gasteiger partial charge is 0.455 e. The Morgan fingerprint density at radius 1 is 1.00 bits per heavy atom. The summed E-state index contributed by atoms with van der Waals surface area (Å²) in [6.07, 6.45) is 1.92. The first-order valence-corrected chi connectivity index (χ1v) is 10.2. The second-order valence-electron chi connectivity index (χ2n) is 6.62. The Morgan fingerprint density at radius 2 is 1.79 bits per heavy atom. The van der Waals surface area contributed by atoms with Crippen molar-refractivity contribution in [3.63, 3.8) is 0 Å². The number of fused-ring (bicyclic) bond motifs is 1. The first kappa shape index (κ1) is 19.0. The van der Waals surface area contributed by atoms with Crippen molar-refractivity contribution >= 4 is 34.1 Å². The number of aromatic amines is 1. The zero-order valence-corrected chi connectivity index (χ0v) is 16.4. The molecular weight excluding hydrogens is 384 g/mol. The second kappa shape index (κ2) is 8.75. The van der Waals surface area contributed by atoms with Crippen molar-refractivity contribution in [1.29, 1.82) is 0 Å². The lowest BCUT2D eigenvalue weighted by Crippen LogP contribution is -2.32. The molecule has 2 aromatic heterocycles. The van der Waals surface area contributed by atoms with Crippen molar-refractivity contribution in [1.82, 2.24) is 10.3 Å². The highest BCUT2D eigenvalue weighted by Crippen LogP contribution is 2.25. The molecule has 0 aliphatic heterocycles. The van der Waals surface area contributed by atoms with Crippen LogP contribution in [-0.2, 0) is 20.7 Å². The molecule has 0 saturated heterocycles. The summed E-state index contributed by atoms with van der Waals surface area (Å²) in [5, 5.41) is 5.92. The first-order valence-electron chi connectivity index (χ1n) is 9.29. The summed E-state index contributed by atoms with van der Waals surface area (Å²) in [5.74, 6) is -0.767. The summed E-state index contributed by atoms with van der Waals surface area (Å²) in [5.41, 5.74) is 2.80. The van der Waals surface area contributed by atoms with Gasteiger partial charge >= 0.3 is 5.97 Å². The highest BCUT2D eigenvalue weighted by atomic mass is 32.1. The average molecular weight is 404 g/mol. The molecule has 0 spiro atoms. The monoisotopic (exact) mass is 404 g/mol. The Hall–Kier alpha value is -3.38. The number of carbonyl (C=O) groups is 2. The molecule has 146 valence electrons. The third kappa shape index (κ3) is 4.55. The number of amides is 1. The number of hydrogen-bond donors (Lipinski definition) is 2. The molecule has 2 N–H and O–H groups in total. The fourth-order valence-corrected chi connectivity index (χ4v) is 4.06. The Kier molecular flexibility index (Phi) is 5.72. The highest BCUT2D eigenvalue weighted by molar-refractivity contribution is 7.10. The van der Waals surface area contributed by atoms with Gasteiger partial charge in [0.2, 0.25) is 0 Å². The number of thiophene rings is 1. The van der Waals surface area contributed by atoms with Crippen molar-refractivity contribution in [3.8, 4) is 0 Å². The summed E-state index contributed by atoms with van der Waals surface area (Å²) < 4.78 is 5.22. The van der Waals surface area contributed by atoms with Crippen molar-refractivity contribution in [2.45, 2.75) is 12.5 Å². The molecule has 2 aromatic carbocycles. The van der Waals surface area contributed by atoms with Crippen LogP contribution in [0.2, 0.25) is 0 Å². The number of aromatic nitrogens is 1. The van der Waals surface area contributed by atoms with Gasteiger partial charge in [-0.15, -0.1) is 11.3 Å². The van der Waals surface area contributed by atoms with Crippen LogP contribution in [0, 0.1) is 0 Å². The Morgan fingerprint density at radius 3 is 2.59 bits per heavy atom. The number of rotatable bonds is 7. The van der Waals surface area contributed by atoms with Gasteiger partial charge in [0.15, 0.2) is 6.61 Å². The molecule has 0 saturated carbocycles. The summed E-state index contributed by atoms with van der Waals surface area (Å²) >= 11 is 1.57. The lowest BCUT2D eigenvalue weighted by Gasteiger charge is -2.18. The van der Waals surface area contributed by atoms with E-state index in [-0.39, 0.29) is 25.0 Å². The van der Waals surface area contributed by atoms with E-state index in [1.165, 1.54) is 0 Å². The number of benzene rings is 2. The molecule has 5 nitrogen and oxygen atoms in total. The molecule has 0 aliphatic rings. The molecule has 4 aromatic rings. The molecule has 0 radical (unpaired) electrons. The third-order valence-corrected chi connectivity index (χ3v) is 5.58. The Balaban J connectivity index is 1.36. The van der Waals surface area contributed by atoms with Crippen LogP contribution in [0.25, 0.3) is 10.9 Å². The van der Waals surface area contributed by atoms with Crippen molar-refractivity contribution in [2.75, 3.05) is 6.61 Å². The average Bonchev–Trinajstić information content (AvgIpc) is 3.42. The van der Waals surface area contributed by atoms with E-state index in [4.69, 9.17) is 4.74 Å². The molecule has 4 rings (SSSR count). The van der Waals surface area contributed by atoms with Crippen molar-refractivity contribution in [2.24, 2.45) is 0 Å². The normalized spacial score (nSPS) is 11.9. The maximum Gasteiger partial charge on any atom is 0.310 e. The summed E-state index contributed by atoms with van der Waals surface area (Å²) in [4.78, 5) is 28.8. The molecule has 2 heterocycles. The van der Waals surface area contributed by atoms with Gasteiger partial charge in [0, 0.05) is 22.0 Å². The van der Waals surface area contributed by atoms with E-state index in [2.05, 4.69) is 10.3 Å². The van der Waals surface area contributed by atoms with Gasteiger partial charge in [0.1, 0.15) is 0 Å². The van der Waals surface area contributed by atoms with E-state index in [1.54, 1.807) is 17.5 Å². The first-order chi connectivity index (χ1) is 14.2. The SMILES string of the molecule is O=C(COC(=O)Cc1c[nH]c2ccccc12)N[C@H](c1ccccc1)c1cccs1. The zero-order valence-electron chi connectivity index (χ0n) is 15.6. The molecular formula is C23H20N2O3S. The van der Waals surface area contributed by atoms with Gasteiger partial charge in [0.05, 0.1) is 12.5 Å². The van der Waals surface area contributed by atoms with Crippen LogP contribution < -0.4 is 5.32 Å². The van der Waals surface area contributed by atoms with E-state index < -0.39 is 5.97 Å². The smallest absolute Gasteiger partial charge is 0.310 e. The fraction of sp³-hybridized carbons (Fsp3) is 0.130. The highest BCUT2D eigenvalue weighted by Gasteiger charge is 2.19. The van der Waals surface area contributed by atoms with Gasteiger partial charge < -0.3 is 15.0 Å². The number of ether oxygens (including phenoxy) is 1. The molecule has 0 fully saturated rings. The molecule has 6 heteroatoms. The molecule has 1 amide bonds. The second-order valence-corrected chi connectivity index (χ2v) is 7.60. The number of esters is 1. The van der Waals surface area contributed by atoms with Gasteiger partial charge in [-0.05, 0) is 28.6 Å². The van der Waals surface area contributed by atoms with Gasteiger partial charge in [-0.2, -0.15) is 0 Å². The lowest BCUT2D eigenvalue weighted by molar-refractivity contribution is -0.148. The van der Waals surface area contributed by atoms with Crippen LogP contribution in [0.1, 0.15) is 22.0 Å². The van der Waals surface area contributed by atoms with E-state index in [0.29, 0.717) is 0 Å². The van der Waals surface area contributed by atoms with Gasteiger partial charge in [-0.1, -0.05) is 54.6 Å². The summed E-state index contributed by atoms with van der Waals surface area (Å²) in [7, 11) is 0. The van der Waals surface area contributed by atoms with E-state index in [1.807, 2.05) is 72.1 Å². The van der Waals surface area contributed by atoms with Crippen molar-refractivity contribution in [3.05, 3.63) is 94.3 Å². The minimum Gasteiger partial charge on any atom is -0.455 e. The van der Waals surface area contributed by atoms with Crippen LogP contribution in [0.4, 0.5) is 0 Å². The van der Waals surface area contributed by atoms with E-state index in [9.17, 15) is 9.59 Å². The maximum atomic E-state index is 12.5. The van der Waals surface area contributed by atoms with E-state index >= 15 is 0 Å². The van der Waals surface area contributed by atoms with Gasteiger partial charge in [0.25, 0.3) is 5.91 Å². The molecule has 0 aliphatic carbocycles. The number of hydrogen-bond acceptors (Lipinski definition) is 4. The van der Waals surface area contributed by atoms with Crippen molar-refractivity contribution < 1.29 is 14.3 Å². The molecule has 0 bridgehead atoms. The molecule has 29 heavy (non-hydrogen) atoms. The number of carbonyl (C=O) groups excluding carboxylic acids is 2. The number of H-pyrrole nitrogens is 1. The van der Waals surface area contributed by atoms with Gasteiger partial charge in [-0.25, -0.2) is 0 Å². The predicted octanol–water partition coefficient (Wildman–Crippen LogP) is 4.22. The number of nitrogens with one attached hydrogen (secondary N) is 2. The minimum absolute atomic E-state index is 0.115. The van der Waals surface area contributed by atoms with Crippen LogP contribution in [0.5, 0.6) is 0 Å². The zero-order chi connectivity index (χ0) is 20.1. The van der Waals surface area contributed by atoms with Crippen LogP contribution >= 0.6 is 11.3 Å². The van der Waals surface area contributed by atoms with E-state index in [0.717, 1.165) is 26.9 Å². The summed E-state index contributed by atoms with van der Waals surface area (Å²) in [6.45, 7) is -0.310. The minimum atomic E-state index is -0.433. The van der Waals surface area contributed by atoms with Crippen LogP contribution in [0.3, 0.4) is 0 Å². The lowest BCUT2D eigenvalue weighted by atomic mass is 10.1. The quantitative estimate of drug-likeness (QED) is 0.453. The van der Waals surface area contributed by atoms with Crippen LogP contribution in [-0.4, -0.2) is 23.5 Å². The number of para-hydroxylation sites is 1. The van der Waals surface area contributed by atoms with Crippen LogP contribution in [0.15, 0.2) is 78.3 Å². The van der Waals surface area contributed by atoms with Gasteiger partial charge in [-0.3, -0.25) is 9.59 Å². The Bertz CT molecular complexity index is 1100. The predicted molar refractivity (Wildman–Crippen MR) is 114 cm³/mol. The molecule has 0 unspecified atom stereocenters. The standard InChI is InChI=1S/C23H20N2O3S/c26-21(25-23(20-11-6-12-29-20)16-7-2-1-3-8-16)15-28-22(27)13-17-14-24-19-10-5-4-9-18(17)19/h1-12,14,23-24H,13,15H2,(H,25,26)/t23-/m1/s1.